The van der Waals surface area contributed by atoms with E-state index in [0.29, 0.717) is 12.2 Å². The largest absolute Gasteiger partial charge is 0.492 e. The van der Waals surface area contributed by atoms with Crippen molar-refractivity contribution in [1.29, 1.82) is 0 Å². The number of rotatable bonds is 4. The zero-order valence-corrected chi connectivity index (χ0v) is 12.1. The lowest BCUT2D eigenvalue weighted by molar-refractivity contribution is 0.287. The highest BCUT2D eigenvalue weighted by molar-refractivity contribution is 5.93. The Hall–Kier alpha value is -1.55. The molecule has 20 heavy (non-hydrogen) atoms. The minimum atomic E-state index is -0.104. The molecule has 2 heterocycles. The van der Waals surface area contributed by atoms with E-state index in [1.807, 2.05) is 13.1 Å². The molecule has 108 valence electrons. The first-order chi connectivity index (χ1) is 9.74. The Morgan fingerprint density at radius 3 is 3.10 bits per heavy atom. The van der Waals surface area contributed by atoms with Crippen LogP contribution in [-0.2, 0) is 12.8 Å². The number of ether oxygens (including phenoxy) is 1. The van der Waals surface area contributed by atoms with Crippen LogP contribution in [0.1, 0.15) is 30.0 Å². The molecule has 0 aliphatic carbocycles. The fraction of sp³-hybridized carbons (Fsp3) is 0.500. The molecule has 0 atom stereocenters. The summed E-state index contributed by atoms with van der Waals surface area (Å²) in [6, 6.07) is 0. The number of benzene rings is 1. The third-order valence-electron chi connectivity index (χ3n) is 4.07. The van der Waals surface area contributed by atoms with Crippen molar-refractivity contribution in [3.05, 3.63) is 28.7 Å². The molecular formula is C16H21FN2O. The van der Waals surface area contributed by atoms with Gasteiger partial charge >= 0.3 is 0 Å². The van der Waals surface area contributed by atoms with Crippen LogP contribution in [0, 0.1) is 12.7 Å². The quantitative estimate of drug-likeness (QED) is 0.842. The Morgan fingerprint density at radius 1 is 1.45 bits per heavy atom. The summed E-state index contributed by atoms with van der Waals surface area (Å²) in [7, 11) is 0. The van der Waals surface area contributed by atoms with Crippen LogP contribution < -0.4 is 10.1 Å². The number of H-pyrrole nitrogens is 1. The maximum atomic E-state index is 14.4. The highest BCUT2D eigenvalue weighted by atomic mass is 19.1. The Kier molecular flexibility index (Phi) is 3.66. The molecule has 4 heteroatoms. The second kappa shape index (κ2) is 5.44. The van der Waals surface area contributed by atoms with Gasteiger partial charge in [0, 0.05) is 22.7 Å². The summed E-state index contributed by atoms with van der Waals surface area (Å²) in [5.41, 5.74) is 3.56. The molecule has 1 aliphatic rings. The molecule has 2 aromatic rings. The third-order valence-corrected chi connectivity index (χ3v) is 4.07. The van der Waals surface area contributed by atoms with Gasteiger partial charge in [-0.1, -0.05) is 6.92 Å². The predicted octanol–water partition coefficient (Wildman–Crippen LogP) is 3.09. The number of hydrogen-bond donors (Lipinski definition) is 2. The van der Waals surface area contributed by atoms with Crippen molar-refractivity contribution in [2.24, 2.45) is 0 Å². The molecule has 0 bridgehead atoms. The molecule has 0 radical (unpaired) electrons. The maximum Gasteiger partial charge on any atom is 0.135 e. The lowest BCUT2D eigenvalue weighted by Gasteiger charge is -2.21. The van der Waals surface area contributed by atoms with Crippen LogP contribution in [-0.4, -0.2) is 24.7 Å². The summed E-state index contributed by atoms with van der Waals surface area (Å²) in [4.78, 5) is 3.23. The van der Waals surface area contributed by atoms with Crippen molar-refractivity contribution < 1.29 is 9.13 Å². The van der Waals surface area contributed by atoms with Crippen LogP contribution in [0.3, 0.4) is 0 Å². The number of likely N-dealkylation sites (N-methyl/N-ethyl adjacent to an activating group) is 1. The summed E-state index contributed by atoms with van der Waals surface area (Å²) >= 11 is 0. The summed E-state index contributed by atoms with van der Waals surface area (Å²) in [5.74, 6) is 0.661. The summed E-state index contributed by atoms with van der Waals surface area (Å²) < 4.78 is 20.2. The minimum Gasteiger partial charge on any atom is -0.492 e. The smallest absolute Gasteiger partial charge is 0.135 e. The van der Waals surface area contributed by atoms with Gasteiger partial charge in [0.1, 0.15) is 11.6 Å². The highest BCUT2D eigenvalue weighted by Crippen LogP contribution is 2.39. The number of hydrogen-bond acceptors (Lipinski definition) is 2. The fourth-order valence-corrected chi connectivity index (χ4v) is 3.01. The average Bonchev–Trinajstić information content (AvgIpc) is 2.89. The van der Waals surface area contributed by atoms with Crippen molar-refractivity contribution in [2.75, 3.05) is 19.7 Å². The van der Waals surface area contributed by atoms with Crippen LogP contribution >= 0.6 is 0 Å². The molecule has 1 aliphatic heterocycles. The Balaban J connectivity index is 2.12. The zero-order chi connectivity index (χ0) is 14.1. The number of aryl methyl sites for hydroxylation is 1. The van der Waals surface area contributed by atoms with E-state index in [2.05, 4.69) is 17.2 Å². The lowest BCUT2D eigenvalue weighted by atomic mass is 9.97. The van der Waals surface area contributed by atoms with Gasteiger partial charge in [0.2, 0.25) is 0 Å². The second-order valence-corrected chi connectivity index (χ2v) is 5.37. The van der Waals surface area contributed by atoms with E-state index in [1.54, 1.807) is 0 Å². The average molecular weight is 276 g/mol. The number of aromatic amines is 1. The highest BCUT2D eigenvalue weighted by Gasteiger charge is 2.23. The molecular weight excluding hydrogens is 255 g/mol. The molecule has 1 aromatic heterocycles. The molecule has 0 spiro atoms. The fourth-order valence-electron chi connectivity index (χ4n) is 3.01. The van der Waals surface area contributed by atoms with E-state index >= 15 is 0 Å². The zero-order valence-electron chi connectivity index (χ0n) is 12.1. The molecule has 0 fully saturated rings. The monoisotopic (exact) mass is 276 g/mol. The van der Waals surface area contributed by atoms with Crippen molar-refractivity contribution in [3.8, 4) is 5.75 Å². The number of aromatic nitrogens is 1. The molecule has 1 aromatic carbocycles. The van der Waals surface area contributed by atoms with E-state index in [0.717, 1.165) is 54.6 Å². The van der Waals surface area contributed by atoms with Gasteiger partial charge in [-0.15, -0.1) is 0 Å². The van der Waals surface area contributed by atoms with E-state index < -0.39 is 0 Å². The first-order valence-corrected chi connectivity index (χ1v) is 7.38. The Labute approximate surface area is 118 Å². The van der Waals surface area contributed by atoms with Gasteiger partial charge in [0.25, 0.3) is 0 Å². The second-order valence-electron chi connectivity index (χ2n) is 5.37. The van der Waals surface area contributed by atoms with Gasteiger partial charge in [-0.25, -0.2) is 4.39 Å². The van der Waals surface area contributed by atoms with Crippen LogP contribution in [0.2, 0.25) is 0 Å². The van der Waals surface area contributed by atoms with Crippen molar-refractivity contribution in [2.45, 2.75) is 33.1 Å². The van der Waals surface area contributed by atoms with Gasteiger partial charge in [0.05, 0.1) is 12.1 Å². The van der Waals surface area contributed by atoms with Crippen LogP contribution in [0.5, 0.6) is 5.75 Å². The molecule has 2 N–H and O–H groups in total. The van der Waals surface area contributed by atoms with E-state index in [4.69, 9.17) is 4.74 Å². The molecule has 3 nitrogen and oxygen atoms in total. The first-order valence-electron chi connectivity index (χ1n) is 7.38. The van der Waals surface area contributed by atoms with Crippen molar-refractivity contribution in [3.63, 3.8) is 0 Å². The van der Waals surface area contributed by atoms with Gasteiger partial charge in [-0.2, -0.15) is 0 Å². The van der Waals surface area contributed by atoms with Gasteiger partial charge in [-0.05, 0) is 44.8 Å². The van der Waals surface area contributed by atoms with Crippen molar-refractivity contribution >= 4 is 10.9 Å². The SMILES string of the molecule is CCNCCc1c[nH]c2c(C)c(F)c3c(c12)OCCC3. The first kappa shape index (κ1) is 13.4. The van der Waals surface area contributed by atoms with Crippen molar-refractivity contribution in [1.82, 2.24) is 10.3 Å². The molecule has 0 amide bonds. The number of halogens is 1. The van der Waals surface area contributed by atoms with E-state index in [-0.39, 0.29) is 5.82 Å². The molecule has 0 saturated heterocycles. The normalized spacial score (nSPS) is 14.3. The Bertz CT molecular complexity index is 633. The minimum absolute atomic E-state index is 0.104. The van der Waals surface area contributed by atoms with E-state index in [1.165, 1.54) is 5.56 Å². The van der Waals surface area contributed by atoms with Crippen LogP contribution in [0.4, 0.5) is 4.39 Å². The van der Waals surface area contributed by atoms with Crippen LogP contribution in [0.15, 0.2) is 6.20 Å². The maximum absolute atomic E-state index is 14.4. The topological polar surface area (TPSA) is 37.0 Å². The number of fused-ring (bicyclic) bond motifs is 3. The molecule has 0 saturated carbocycles. The van der Waals surface area contributed by atoms with Gasteiger partial charge < -0.3 is 15.0 Å². The lowest BCUT2D eigenvalue weighted by Crippen LogP contribution is -2.16. The summed E-state index contributed by atoms with van der Waals surface area (Å²) in [6.45, 7) is 6.51. The van der Waals surface area contributed by atoms with Crippen LogP contribution in [0.25, 0.3) is 10.9 Å². The molecule has 3 rings (SSSR count). The predicted molar refractivity (Wildman–Crippen MR) is 79.1 cm³/mol. The molecule has 0 unspecified atom stereocenters. The summed E-state index contributed by atoms with van der Waals surface area (Å²) in [5, 5.41) is 4.41. The van der Waals surface area contributed by atoms with E-state index in [9.17, 15) is 4.39 Å². The number of nitrogens with one attached hydrogen (secondary N) is 2. The van der Waals surface area contributed by atoms with Gasteiger partial charge in [0.15, 0.2) is 0 Å². The van der Waals surface area contributed by atoms with Gasteiger partial charge in [-0.3, -0.25) is 0 Å². The third kappa shape index (κ3) is 2.08. The Morgan fingerprint density at radius 2 is 2.30 bits per heavy atom. The standard InChI is InChI=1S/C16H21FN2O/c1-3-18-7-6-11-9-19-15-10(2)14(17)12-5-4-8-20-16(12)13(11)15/h9,18-19H,3-8H2,1-2H3. The summed E-state index contributed by atoms with van der Waals surface area (Å²) in [6.07, 6.45) is 4.59.